The molecule has 1 aliphatic heterocycles. The minimum atomic E-state index is -0.595. The van der Waals surface area contributed by atoms with Gasteiger partial charge in [0.25, 0.3) is 5.91 Å². The van der Waals surface area contributed by atoms with Crippen molar-refractivity contribution in [1.82, 2.24) is 5.32 Å². The molecule has 0 saturated heterocycles. The fourth-order valence-electron chi connectivity index (χ4n) is 3.06. The number of rotatable bonds is 6. The van der Waals surface area contributed by atoms with Gasteiger partial charge in [-0.05, 0) is 31.5 Å². The molecule has 0 aromatic heterocycles. The number of ether oxygens (including phenoxy) is 1. The molecule has 2 aromatic carbocycles. The molecule has 0 spiro atoms. The zero-order valence-corrected chi connectivity index (χ0v) is 14.5. The van der Waals surface area contributed by atoms with Gasteiger partial charge in [-0.3, -0.25) is 9.59 Å². The Labute approximate surface area is 147 Å². The number of nitrogens with zero attached hydrogens (tertiary/aromatic N) is 1. The number of fused-ring (bicyclic) bond motifs is 1. The van der Waals surface area contributed by atoms with E-state index in [-0.39, 0.29) is 11.8 Å². The van der Waals surface area contributed by atoms with Crippen LogP contribution >= 0.6 is 0 Å². The first-order valence-electron chi connectivity index (χ1n) is 8.43. The van der Waals surface area contributed by atoms with E-state index in [0.29, 0.717) is 19.6 Å². The number of carbonyl (C=O) groups excluding carboxylic acids is 2. The highest BCUT2D eigenvalue weighted by Gasteiger charge is 2.37. The number of para-hydroxylation sites is 1. The molecule has 130 valence electrons. The van der Waals surface area contributed by atoms with Crippen molar-refractivity contribution in [3.63, 3.8) is 0 Å². The van der Waals surface area contributed by atoms with Gasteiger partial charge >= 0.3 is 0 Å². The molecule has 5 nitrogen and oxygen atoms in total. The quantitative estimate of drug-likeness (QED) is 0.824. The summed E-state index contributed by atoms with van der Waals surface area (Å²) in [6, 6.07) is 14.9. The first kappa shape index (κ1) is 17.0. The normalized spacial score (nSPS) is 15.8. The maximum absolute atomic E-state index is 12.7. The largest absolute Gasteiger partial charge is 0.494 e. The van der Waals surface area contributed by atoms with Crippen LogP contribution in [0.5, 0.6) is 5.75 Å². The Morgan fingerprint density at radius 2 is 1.96 bits per heavy atom. The van der Waals surface area contributed by atoms with Crippen molar-refractivity contribution in [3.05, 3.63) is 59.7 Å². The third-order valence-corrected chi connectivity index (χ3v) is 4.18. The van der Waals surface area contributed by atoms with Crippen LogP contribution in [0.1, 0.15) is 30.5 Å². The van der Waals surface area contributed by atoms with Crippen LogP contribution in [0.2, 0.25) is 0 Å². The molecule has 0 aliphatic carbocycles. The van der Waals surface area contributed by atoms with Crippen LogP contribution in [-0.2, 0) is 9.59 Å². The summed E-state index contributed by atoms with van der Waals surface area (Å²) >= 11 is 0. The van der Waals surface area contributed by atoms with E-state index >= 15 is 0 Å². The van der Waals surface area contributed by atoms with Gasteiger partial charge in [0.1, 0.15) is 11.8 Å². The standard InChI is InChI=1S/C20H22N2O3/c1-14-9-10-18-17(13-14)19(21-15(2)23)20(24)22(18)11-6-12-25-16-7-4-3-5-8-16/h3-5,7-10,13,19H,6,11-12H2,1-2H3,(H,21,23)/t19-/m1/s1. The lowest BCUT2D eigenvalue weighted by Gasteiger charge is -2.18. The Balaban J connectivity index is 1.67. The van der Waals surface area contributed by atoms with Crippen LogP contribution in [-0.4, -0.2) is 25.0 Å². The molecule has 0 fully saturated rings. The summed E-state index contributed by atoms with van der Waals surface area (Å²) in [7, 11) is 0. The Hall–Kier alpha value is -2.82. The molecule has 0 unspecified atom stereocenters. The zero-order chi connectivity index (χ0) is 17.8. The molecule has 5 heteroatoms. The van der Waals surface area contributed by atoms with Gasteiger partial charge in [0.05, 0.1) is 6.61 Å². The second kappa shape index (κ2) is 7.38. The van der Waals surface area contributed by atoms with Crippen LogP contribution in [0, 0.1) is 6.92 Å². The van der Waals surface area contributed by atoms with Crippen LogP contribution < -0.4 is 15.0 Å². The highest BCUT2D eigenvalue weighted by atomic mass is 16.5. The molecule has 25 heavy (non-hydrogen) atoms. The Kier molecular flexibility index (Phi) is 5.03. The van der Waals surface area contributed by atoms with Gasteiger partial charge in [0.2, 0.25) is 5.91 Å². The highest BCUT2D eigenvalue weighted by Crippen LogP contribution is 2.36. The van der Waals surface area contributed by atoms with Crippen LogP contribution in [0.4, 0.5) is 5.69 Å². The van der Waals surface area contributed by atoms with Gasteiger partial charge in [-0.25, -0.2) is 0 Å². The van der Waals surface area contributed by atoms with E-state index in [0.717, 1.165) is 22.6 Å². The van der Waals surface area contributed by atoms with Crippen molar-refractivity contribution in [3.8, 4) is 5.75 Å². The van der Waals surface area contributed by atoms with Crippen molar-refractivity contribution in [2.45, 2.75) is 26.3 Å². The van der Waals surface area contributed by atoms with Crippen molar-refractivity contribution in [1.29, 1.82) is 0 Å². The predicted molar refractivity (Wildman–Crippen MR) is 96.6 cm³/mol. The molecule has 2 aromatic rings. The summed E-state index contributed by atoms with van der Waals surface area (Å²) in [5, 5.41) is 2.76. The van der Waals surface area contributed by atoms with E-state index in [1.54, 1.807) is 4.90 Å². The molecule has 1 atom stereocenters. The number of hydrogen-bond acceptors (Lipinski definition) is 3. The molecule has 0 saturated carbocycles. The maximum Gasteiger partial charge on any atom is 0.254 e. The maximum atomic E-state index is 12.7. The van der Waals surface area contributed by atoms with Gasteiger partial charge in [-0.1, -0.05) is 35.9 Å². The molecule has 1 aliphatic rings. The van der Waals surface area contributed by atoms with E-state index in [4.69, 9.17) is 4.74 Å². The van der Waals surface area contributed by atoms with Gasteiger partial charge in [0.15, 0.2) is 0 Å². The number of benzene rings is 2. The number of nitrogens with one attached hydrogen (secondary N) is 1. The van der Waals surface area contributed by atoms with Crippen molar-refractivity contribution >= 4 is 17.5 Å². The number of anilines is 1. The van der Waals surface area contributed by atoms with Gasteiger partial charge < -0.3 is 15.0 Å². The molecular weight excluding hydrogens is 316 g/mol. The van der Waals surface area contributed by atoms with Gasteiger partial charge in [0, 0.05) is 24.7 Å². The van der Waals surface area contributed by atoms with Crippen molar-refractivity contribution in [2.24, 2.45) is 0 Å². The van der Waals surface area contributed by atoms with E-state index < -0.39 is 6.04 Å². The predicted octanol–water partition coefficient (Wildman–Crippen LogP) is 2.99. The molecular formula is C20H22N2O3. The lowest BCUT2D eigenvalue weighted by atomic mass is 10.1. The summed E-state index contributed by atoms with van der Waals surface area (Å²) in [5.41, 5.74) is 2.80. The van der Waals surface area contributed by atoms with Gasteiger partial charge in [-0.15, -0.1) is 0 Å². The Bertz CT molecular complexity index is 774. The molecule has 1 N–H and O–H groups in total. The lowest BCUT2D eigenvalue weighted by Crippen LogP contribution is -2.37. The van der Waals surface area contributed by atoms with Gasteiger partial charge in [-0.2, -0.15) is 0 Å². The molecule has 3 rings (SSSR count). The summed E-state index contributed by atoms with van der Waals surface area (Å²) in [6.07, 6.45) is 0.709. The third-order valence-electron chi connectivity index (χ3n) is 4.18. The second-order valence-corrected chi connectivity index (χ2v) is 6.20. The topological polar surface area (TPSA) is 58.6 Å². The van der Waals surface area contributed by atoms with Crippen LogP contribution in [0.15, 0.2) is 48.5 Å². The van der Waals surface area contributed by atoms with E-state index in [9.17, 15) is 9.59 Å². The third kappa shape index (κ3) is 3.82. The average Bonchev–Trinajstić information content (AvgIpc) is 2.84. The average molecular weight is 338 g/mol. The Morgan fingerprint density at radius 1 is 1.20 bits per heavy atom. The Morgan fingerprint density at radius 3 is 2.68 bits per heavy atom. The summed E-state index contributed by atoms with van der Waals surface area (Å²) < 4.78 is 5.69. The lowest BCUT2D eigenvalue weighted by molar-refractivity contribution is -0.126. The molecule has 2 amide bonds. The minimum absolute atomic E-state index is 0.0875. The van der Waals surface area contributed by atoms with Crippen molar-refractivity contribution in [2.75, 3.05) is 18.1 Å². The smallest absolute Gasteiger partial charge is 0.254 e. The minimum Gasteiger partial charge on any atom is -0.494 e. The summed E-state index contributed by atoms with van der Waals surface area (Å²) in [5.74, 6) is 0.526. The summed E-state index contributed by atoms with van der Waals surface area (Å²) in [4.78, 5) is 25.9. The first-order valence-corrected chi connectivity index (χ1v) is 8.43. The fourth-order valence-corrected chi connectivity index (χ4v) is 3.06. The monoisotopic (exact) mass is 338 g/mol. The van der Waals surface area contributed by atoms with E-state index in [2.05, 4.69) is 5.32 Å². The SMILES string of the molecule is CC(=O)N[C@H]1C(=O)N(CCCOc2ccccc2)c2ccc(C)cc21. The summed E-state index contributed by atoms with van der Waals surface area (Å²) in [6.45, 7) is 4.49. The first-order chi connectivity index (χ1) is 12.1. The molecule has 0 bridgehead atoms. The molecule has 1 heterocycles. The fraction of sp³-hybridized carbons (Fsp3) is 0.300. The van der Waals surface area contributed by atoms with Crippen LogP contribution in [0.3, 0.4) is 0 Å². The van der Waals surface area contributed by atoms with E-state index in [1.165, 1.54) is 6.92 Å². The number of aryl methyl sites for hydroxylation is 1. The van der Waals surface area contributed by atoms with Crippen molar-refractivity contribution < 1.29 is 14.3 Å². The number of carbonyl (C=O) groups is 2. The van der Waals surface area contributed by atoms with Crippen LogP contribution in [0.25, 0.3) is 0 Å². The second-order valence-electron chi connectivity index (χ2n) is 6.20. The van der Waals surface area contributed by atoms with E-state index in [1.807, 2.05) is 55.5 Å². The number of hydrogen-bond donors (Lipinski definition) is 1. The number of amides is 2. The zero-order valence-electron chi connectivity index (χ0n) is 14.5. The highest BCUT2D eigenvalue weighted by molar-refractivity contribution is 6.06. The molecule has 0 radical (unpaired) electrons.